The monoisotopic (exact) mass is 497 g/mol. The lowest BCUT2D eigenvalue weighted by Crippen LogP contribution is -2.19. The molecule has 0 spiro atoms. The van der Waals surface area contributed by atoms with E-state index in [9.17, 15) is 35.2 Å². The molecule has 6 nitrogen and oxygen atoms in total. The number of carbonyl (C=O) groups is 1. The molecule has 0 heterocycles. The number of aryl methyl sites for hydroxylation is 2. The summed E-state index contributed by atoms with van der Waals surface area (Å²) in [6.45, 7) is 3.57. The van der Waals surface area contributed by atoms with Gasteiger partial charge in [-0.1, -0.05) is 23.8 Å². The summed E-state index contributed by atoms with van der Waals surface area (Å²) in [5.74, 6) is -11.9. The first-order valence-corrected chi connectivity index (χ1v) is 11.0. The lowest BCUT2D eigenvalue weighted by molar-refractivity contribution is 0.0955. The van der Waals surface area contributed by atoms with Crippen LogP contribution in [0, 0.1) is 42.9 Å². The zero-order valence-electron chi connectivity index (χ0n) is 17.6. The molecule has 34 heavy (non-hydrogen) atoms. The molecular weight excluding hydrogens is 481 g/mol. The van der Waals surface area contributed by atoms with Crippen LogP contribution in [0.2, 0.25) is 0 Å². The van der Waals surface area contributed by atoms with Crippen molar-refractivity contribution in [3.63, 3.8) is 0 Å². The van der Waals surface area contributed by atoms with Gasteiger partial charge in [-0.05, 0) is 43.7 Å². The van der Waals surface area contributed by atoms with Crippen LogP contribution in [-0.4, -0.2) is 20.5 Å². The summed E-state index contributed by atoms with van der Waals surface area (Å²) >= 11 is 0. The number of nitrogens with zero attached hydrogens (tertiary/aromatic N) is 1. The van der Waals surface area contributed by atoms with E-state index >= 15 is 0 Å². The Morgan fingerprint density at radius 2 is 1.50 bits per heavy atom. The summed E-state index contributed by atoms with van der Waals surface area (Å²) < 4.78 is 94.7. The Balaban J connectivity index is 1.80. The van der Waals surface area contributed by atoms with Crippen molar-refractivity contribution in [2.75, 3.05) is 4.72 Å². The van der Waals surface area contributed by atoms with Gasteiger partial charge in [0.25, 0.3) is 15.9 Å². The number of benzene rings is 3. The summed E-state index contributed by atoms with van der Waals surface area (Å²) in [6, 6.07) is 9.86. The second-order valence-electron chi connectivity index (χ2n) is 7.13. The maximum atomic E-state index is 13.7. The smallest absolute Gasteiger partial charge is 0.271 e. The molecule has 0 fully saturated rings. The van der Waals surface area contributed by atoms with Crippen molar-refractivity contribution in [3.05, 3.63) is 93.8 Å². The minimum atomic E-state index is -4.08. The van der Waals surface area contributed by atoms with E-state index < -0.39 is 50.6 Å². The number of sulfonamides is 1. The third-order valence-corrected chi connectivity index (χ3v) is 6.00. The third kappa shape index (κ3) is 5.06. The fourth-order valence-corrected chi connectivity index (χ4v) is 4.07. The topological polar surface area (TPSA) is 87.6 Å². The van der Waals surface area contributed by atoms with E-state index in [0.717, 1.165) is 11.6 Å². The lowest BCUT2D eigenvalue weighted by Gasteiger charge is -2.12. The van der Waals surface area contributed by atoms with Crippen LogP contribution in [0.25, 0.3) is 0 Å². The van der Waals surface area contributed by atoms with E-state index in [1.54, 1.807) is 25.1 Å². The molecule has 3 aromatic carbocycles. The molecule has 0 aliphatic rings. The molecule has 2 N–H and O–H groups in total. The van der Waals surface area contributed by atoms with Crippen LogP contribution in [0.3, 0.4) is 0 Å². The Morgan fingerprint density at radius 3 is 2.12 bits per heavy atom. The van der Waals surface area contributed by atoms with Crippen molar-refractivity contribution in [3.8, 4) is 0 Å². The first-order chi connectivity index (χ1) is 15.9. The number of nitrogens with one attached hydrogen (secondary N) is 2. The number of halogens is 5. The molecular formula is C22H16F5N3O3S. The number of carbonyl (C=O) groups excluding carboxylic acids is 1. The molecule has 0 atom stereocenters. The number of hydrazone groups is 1. The standard InChI is InChI=1S/C22H16F5N3O3S/c1-11-6-7-16(12(2)8-11)30-34(32,33)14-5-3-4-13(9-14)22(31)29-28-10-15-17(23)19(25)21(27)20(26)18(15)24/h3-10,30H,1-2H3,(H,29,31). The molecule has 0 saturated heterocycles. The van der Waals surface area contributed by atoms with Crippen LogP contribution >= 0.6 is 0 Å². The van der Waals surface area contributed by atoms with Crippen molar-refractivity contribution < 1.29 is 35.2 Å². The van der Waals surface area contributed by atoms with Crippen LogP contribution in [0.5, 0.6) is 0 Å². The van der Waals surface area contributed by atoms with E-state index in [0.29, 0.717) is 11.3 Å². The fraction of sp³-hybridized carbons (Fsp3) is 0.0909. The first kappa shape index (κ1) is 24.8. The SMILES string of the molecule is Cc1ccc(NS(=O)(=O)c2cccc(C(=O)NN=Cc3c(F)c(F)c(F)c(F)c3F)c2)c(C)c1. The summed E-state index contributed by atoms with van der Waals surface area (Å²) in [6.07, 6.45) is 0.247. The van der Waals surface area contributed by atoms with Gasteiger partial charge in [-0.2, -0.15) is 5.10 Å². The van der Waals surface area contributed by atoms with Crippen molar-refractivity contribution in [1.29, 1.82) is 0 Å². The number of anilines is 1. The van der Waals surface area contributed by atoms with Crippen LogP contribution in [-0.2, 0) is 10.0 Å². The lowest BCUT2D eigenvalue weighted by atomic mass is 10.1. The maximum Gasteiger partial charge on any atom is 0.271 e. The van der Waals surface area contributed by atoms with Crippen LogP contribution < -0.4 is 10.1 Å². The molecule has 0 saturated carbocycles. The van der Waals surface area contributed by atoms with Gasteiger partial charge in [0.1, 0.15) is 0 Å². The molecule has 0 aromatic heterocycles. The molecule has 0 aliphatic carbocycles. The average Bonchev–Trinajstić information content (AvgIpc) is 2.80. The third-order valence-electron chi connectivity index (χ3n) is 4.64. The number of hydrogen-bond donors (Lipinski definition) is 2. The highest BCUT2D eigenvalue weighted by atomic mass is 32.2. The molecule has 0 unspecified atom stereocenters. The molecule has 0 radical (unpaired) electrons. The van der Waals surface area contributed by atoms with Gasteiger partial charge in [-0.15, -0.1) is 0 Å². The van der Waals surface area contributed by atoms with E-state index in [2.05, 4.69) is 9.82 Å². The number of hydrogen-bond acceptors (Lipinski definition) is 4. The maximum absolute atomic E-state index is 13.7. The van der Waals surface area contributed by atoms with Gasteiger partial charge in [0.2, 0.25) is 5.82 Å². The second kappa shape index (κ2) is 9.59. The number of amides is 1. The average molecular weight is 497 g/mol. The predicted molar refractivity (Wildman–Crippen MR) is 114 cm³/mol. The van der Waals surface area contributed by atoms with E-state index in [1.165, 1.54) is 18.2 Å². The van der Waals surface area contributed by atoms with Crippen molar-refractivity contribution in [2.24, 2.45) is 5.10 Å². The minimum Gasteiger partial charge on any atom is -0.279 e. The molecule has 3 aromatic rings. The predicted octanol–water partition coefficient (Wildman–Crippen LogP) is 4.56. The summed E-state index contributed by atoms with van der Waals surface area (Å²) in [7, 11) is -4.08. The normalized spacial score (nSPS) is 11.6. The van der Waals surface area contributed by atoms with Crippen LogP contribution in [0.4, 0.5) is 27.6 Å². The molecule has 0 aliphatic heterocycles. The Labute approximate surface area is 191 Å². The fourth-order valence-electron chi connectivity index (χ4n) is 2.89. The van der Waals surface area contributed by atoms with E-state index in [4.69, 9.17) is 0 Å². The van der Waals surface area contributed by atoms with Gasteiger partial charge in [0.15, 0.2) is 23.3 Å². The Bertz CT molecular complexity index is 1400. The highest BCUT2D eigenvalue weighted by molar-refractivity contribution is 7.92. The summed E-state index contributed by atoms with van der Waals surface area (Å²) in [4.78, 5) is 12.0. The number of rotatable bonds is 6. The zero-order chi connectivity index (χ0) is 25.2. The zero-order valence-corrected chi connectivity index (χ0v) is 18.4. The van der Waals surface area contributed by atoms with Gasteiger partial charge in [-0.25, -0.2) is 35.8 Å². The Morgan fingerprint density at radius 1 is 0.882 bits per heavy atom. The highest BCUT2D eigenvalue weighted by Crippen LogP contribution is 2.23. The van der Waals surface area contributed by atoms with Gasteiger partial charge in [-0.3, -0.25) is 9.52 Å². The Kier molecular flexibility index (Phi) is 7.01. The van der Waals surface area contributed by atoms with E-state index in [1.807, 2.05) is 12.3 Å². The molecule has 1 amide bonds. The molecule has 12 heteroatoms. The summed E-state index contributed by atoms with van der Waals surface area (Å²) in [5, 5.41) is 3.21. The minimum absolute atomic E-state index is 0.196. The molecule has 178 valence electrons. The van der Waals surface area contributed by atoms with Gasteiger partial charge in [0, 0.05) is 5.56 Å². The largest absolute Gasteiger partial charge is 0.279 e. The summed E-state index contributed by atoms with van der Waals surface area (Å²) in [5.41, 5.74) is 2.25. The second-order valence-corrected chi connectivity index (χ2v) is 8.82. The van der Waals surface area contributed by atoms with Crippen LogP contribution in [0.1, 0.15) is 27.0 Å². The molecule has 3 rings (SSSR count). The highest BCUT2D eigenvalue weighted by Gasteiger charge is 2.25. The van der Waals surface area contributed by atoms with Crippen molar-refractivity contribution in [2.45, 2.75) is 18.7 Å². The quantitative estimate of drug-likeness (QED) is 0.172. The van der Waals surface area contributed by atoms with E-state index in [-0.39, 0.29) is 16.7 Å². The van der Waals surface area contributed by atoms with Crippen LogP contribution in [0.15, 0.2) is 52.5 Å². The van der Waals surface area contributed by atoms with Crippen molar-refractivity contribution >= 4 is 27.8 Å². The molecule has 0 bridgehead atoms. The van der Waals surface area contributed by atoms with Gasteiger partial charge >= 0.3 is 0 Å². The van der Waals surface area contributed by atoms with Gasteiger partial charge < -0.3 is 0 Å². The Hall–Kier alpha value is -3.80. The first-order valence-electron chi connectivity index (χ1n) is 9.47. The van der Waals surface area contributed by atoms with Gasteiger partial charge in [0.05, 0.1) is 22.4 Å². The van der Waals surface area contributed by atoms with Crippen molar-refractivity contribution in [1.82, 2.24) is 5.43 Å².